The molecular weight excluding hydrogens is 228 g/mol. The molecule has 2 amide bonds. The molecule has 1 aliphatic rings. The maximum Gasteiger partial charge on any atom is 0.321 e. The molecule has 0 atom stereocenters. The highest BCUT2D eigenvalue weighted by atomic mass is 16.2. The molecule has 1 aromatic carbocycles. The zero-order chi connectivity index (χ0) is 13.0. The number of nitrogens with two attached hydrogens (primary N) is 1. The van der Waals surface area contributed by atoms with E-state index in [2.05, 4.69) is 17.3 Å². The molecule has 1 heterocycles. The van der Waals surface area contributed by atoms with Gasteiger partial charge in [0.25, 0.3) is 0 Å². The molecule has 98 valence electrons. The summed E-state index contributed by atoms with van der Waals surface area (Å²) < 4.78 is 0. The van der Waals surface area contributed by atoms with E-state index in [1.54, 1.807) is 0 Å². The Hall–Kier alpha value is -1.59. The van der Waals surface area contributed by atoms with Gasteiger partial charge < -0.3 is 20.9 Å². The summed E-state index contributed by atoms with van der Waals surface area (Å²) in [6, 6.07) is 7.60. The molecule has 0 aliphatic carbocycles. The van der Waals surface area contributed by atoms with E-state index >= 15 is 0 Å². The van der Waals surface area contributed by atoms with Gasteiger partial charge in [0.1, 0.15) is 0 Å². The normalized spacial score (nSPS) is 16.7. The van der Waals surface area contributed by atoms with Crippen molar-refractivity contribution >= 4 is 11.7 Å². The first-order valence-corrected chi connectivity index (χ1v) is 6.23. The van der Waals surface area contributed by atoms with Crippen molar-refractivity contribution < 1.29 is 4.79 Å². The van der Waals surface area contributed by atoms with Crippen LogP contribution in [0.5, 0.6) is 0 Å². The smallest absolute Gasteiger partial charge is 0.321 e. The highest BCUT2D eigenvalue weighted by molar-refractivity contribution is 5.90. The average molecular weight is 248 g/mol. The van der Waals surface area contributed by atoms with Gasteiger partial charge in [-0.05, 0) is 18.7 Å². The number of carbonyl (C=O) groups is 1. The summed E-state index contributed by atoms with van der Waals surface area (Å²) >= 11 is 0. The van der Waals surface area contributed by atoms with Crippen molar-refractivity contribution in [2.75, 3.05) is 38.5 Å². The quantitative estimate of drug-likeness (QED) is 0.818. The van der Waals surface area contributed by atoms with Gasteiger partial charge in [0.2, 0.25) is 0 Å². The van der Waals surface area contributed by atoms with Gasteiger partial charge in [-0.2, -0.15) is 0 Å². The predicted molar refractivity (Wildman–Crippen MR) is 72.4 cm³/mol. The highest BCUT2D eigenvalue weighted by Gasteiger charge is 2.19. The van der Waals surface area contributed by atoms with E-state index in [0.29, 0.717) is 6.54 Å². The summed E-state index contributed by atoms with van der Waals surface area (Å²) in [5.41, 5.74) is 7.42. The second-order valence-electron chi connectivity index (χ2n) is 4.58. The molecule has 5 nitrogen and oxygen atoms in total. The van der Waals surface area contributed by atoms with E-state index in [0.717, 1.165) is 37.4 Å². The summed E-state index contributed by atoms with van der Waals surface area (Å²) in [5, 5.41) is 2.93. The molecule has 1 aliphatic heterocycles. The van der Waals surface area contributed by atoms with Crippen LogP contribution >= 0.6 is 0 Å². The van der Waals surface area contributed by atoms with Crippen LogP contribution in [-0.4, -0.2) is 49.1 Å². The maximum absolute atomic E-state index is 12.1. The Morgan fingerprint density at radius 2 is 1.94 bits per heavy atom. The van der Waals surface area contributed by atoms with Gasteiger partial charge in [0.05, 0.1) is 0 Å². The minimum absolute atomic E-state index is 0.0380. The van der Waals surface area contributed by atoms with Crippen LogP contribution in [0.2, 0.25) is 0 Å². The third-order valence-electron chi connectivity index (χ3n) is 3.27. The Morgan fingerprint density at radius 1 is 1.28 bits per heavy atom. The second kappa shape index (κ2) is 5.84. The van der Waals surface area contributed by atoms with Crippen LogP contribution in [0.25, 0.3) is 0 Å². The minimum atomic E-state index is -0.0380. The largest absolute Gasteiger partial charge is 0.326 e. The summed E-state index contributed by atoms with van der Waals surface area (Å²) in [7, 11) is 2.07. The van der Waals surface area contributed by atoms with Crippen LogP contribution in [0.4, 0.5) is 10.5 Å². The third kappa shape index (κ3) is 3.00. The number of likely N-dealkylation sites (N-methyl/N-ethyl adjacent to an activating group) is 1. The van der Waals surface area contributed by atoms with Gasteiger partial charge in [0, 0.05) is 38.4 Å². The molecule has 18 heavy (non-hydrogen) atoms. The van der Waals surface area contributed by atoms with Crippen molar-refractivity contribution in [1.29, 1.82) is 0 Å². The molecule has 0 bridgehead atoms. The van der Waals surface area contributed by atoms with Gasteiger partial charge in [0.15, 0.2) is 0 Å². The van der Waals surface area contributed by atoms with E-state index in [1.165, 1.54) is 0 Å². The second-order valence-corrected chi connectivity index (χ2v) is 4.58. The van der Waals surface area contributed by atoms with Gasteiger partial charge in [-0.25, -0.2) is 4.79 Å². The summed E-state index contributed by atoms with van der Waals surface area (Å²) in [6.07, 6.45) is 0. The van der Waals surface area contributed by atoms with Crippen molar-refractivity contribution in [3.63, 3.8) is 0 Å². The SMILES string of the molecule is CN1CCN(C(=O)Nc2ccccc2CN)CC1. The standard InChI is InChI=1S/C13H20N4O/c1-16-6-8-17(9-7-16)13(18)15-12-5-3-2-4-11(12)10-14/h2-5H,6-10,14H2,1H3,(H,15,18). The fraction of sp³-hybridized carbons (Fsp3) is 0.462. The van der Waals surface area contributed by atoms with E-state index < -0.39 is 0 Å². The molecule has 0 unspecified atom stereocenters. The first-order chi connectivity index (χ1) is 8.70. The number of rotatable bonds is 2. The number of hydrogen-bond acceptors (Lipinski definition) is 3. The summed E-state index contributed by atoms with van der Waals surface area (Å²) in [6.45, 7) is 3.82. The molecule has 0 radical (unpaired) electrons. The lowest BCUT2D eigenvalue weighted by Gasteiger charge is -2.32. The molecule has 0 aromatic heterocycles. The topological polar surface area (TPSA) is 61.6 Å². The number of carbonyl (C=O) groups excluding carboxylic acids is 1. The van der Waals surface area contributed by atoms with Gasteiger partial charge in [-0.1, -0.05) is 18.2 Å². The Balaban J connectivity index is 1.98. The summed E-state index contributed by atoms with van der Waals surface area (Å²) in [4.78, 5) is 16.2. The molecular formula is C13H20N4O. The Morgan fingerprint density at radius 3 is 2.61 bits per heavy atom. The van der Waals surface area contributed by atoms with Crippen LogP contribution in [0.1, 0.15) is 5.56 Å². The van der Waals surface area contributed by atoms with Gasteiger partial charge in [-0.15, -0.1) is 0 Å². The number of amides is 2. The van der Waals surface area contributed by atoms with Crippen LogP contribution in [0, 0.1) is 0 Å². The van der Waals surface area contributed by atoms with Crippen molar-refractivity contribution in [3.8, 4) is 0 Å². The highest BCUT2D eigenvalue weighted by Crippen LogP contribution is 2.15. The van der Waals surface area contributed by atoms with Crippen molar-refractivity contribution in [2.45, 2.75) is 6.54 Å². The van der Waals surface area contributed by atoms with Crippen molar-refractivity contribution in [3.05, 3.63) is 29.8 Å². The van der Waals surface area contributed by atoms with E-state index in [1.807, 2.05) is 29.2 Å². The van der Waals surface area contributed by atoms with Crippen LogP contribution in [0.3, 0.4) is 0 Å². The molecule has 1 saturated heterocycles. The zero-order valence-electron chi connectivity index (χ0n) is 10.7. The fourth-order valence-corrected chi connectivity index (χ4v) is 2.02. The molecule has 1 fully saturated rings. The number of urea groups is 1. The molecule has 5 heteroatoms. The van der Waals surface area contributed by atoms with Gasteiger partial charge >= 0.3 is 6.03 Å². The zero-order valence-corrected chi connectivity index (χ0v) is 10.7. The number of nitrogens with one attached hydrogen (secondary N) is 1. The molecule has 2 rings (SSSR count). The lowest BCUT2D eigenvalue weighted by Crippen LogP contribution is -2.48. The lowest BCUT2D eigenvalue weighted by molar-refractivity contribution is 0.164. The van der Waals surface area contributed by atoms with E-state index in [9.17, 15) is 4.79 Å². The van der Waals surface area contributed by atoms with Gasteiger partial charge in [-0.3, -0.25) is 0 Å². The average Bonchev–Trinajstić information content (AvgIpc) is 2.40. The number of nitrogens with zero attached hydrogens (tertiary/aromatic N) is 2. The van der Waals surface area contributed by atoms with Crippen LogP contribution in [-0.2, 0) is 6.54 Å². The number of piperazine rings is 1. The molecule has 1 aromatic rings. The first kappa shape index (κ1) is 12.9. The molecule has 0 saturated carbocycles. The number of benzene rings is 1. The Labute approximate surface area is 108 Å². The van der Waals surface area contributed by atoms with E-state index in [4.69, 9.17) is 5.73 Å². The summed E-state index contributed by atoms with van der Waals surface area (Å²) in [5.74, 6) is 0. The number of anilines is 1. The molecule has 0 spiro atoms. The van der Waals surface area contributed by atoms with Crippen LogP contribution < -0.4 is 11.1 Å². The Kier molecular flexibility index (Phi) is 4.17. The third-order valence-corrected chi connectivity index (χ3v) is 3.27. The van der Waals surface area contributed by atoms with E-state index in [-0.39, 0.29) is 6.03 Å². The molecule has 3 N–H and O–H groups in total. The van der Waals surface area contributed by atoms with Crippen LogP contribution in [0.15, 0.2) is 24.3 Å². The monoisotopic (exact) mass is 248 g/mol. The lowest BCUT2D eigenvalue weighted by atomic mass is 10.2. The Bertz CT molecular complexity index is 413. The van der Waals surface area contributed by atoms with Crippen molar-refractivity contribution in [2.24, 2.45) is 5.73 Å². The fourth-order valence-electron chi connectivity index (χ4n) is 2.02. The minimum Gasteiger partial charge on any atom is -0.326 e. The van der Waals surface area contributed by atoms with Crippen molar-refractivity contribution in [1.82, 2.24) is 9.80 Å². The maximum atomic E-state index is 12.1. The first-order valence-electron chi connectivity index (χ1n) is 6.23. The number of hydrogen-bond donors (Lipinski definition) is 2. The predicted octanol–water partition coefficient (Wildman–Crippen LogP) is 0.925. The number of para-hydroxylation sites is 1.